The van der Waals surface area contributed by atoms with Crippen molar-refractivity contribution in [2.75, 3.05) is 40.7 Å². The third kappa shape index (κ3) is 5.50. The number of ether oxygens (including phenoxy) is 3. The molecule has 0 unspecified atom stereocenters. The normalized spacial score (nSPS) is 11.5. The van der Waals surface area contributed by atoms with Crippen molar-refractivity contribution >= 4 is 15.9 Å². The first kappa shape index (κ1) is 21.0. The number of sulfonamides is 1. The van der Waals surface area contributed by atoms with Gasteiger partial charge in [-0.2, -0.15) is 4.31 Å². The number of nitrogens with one attached hydrogen (secondary N) is 1. The number of carbonyl (C=O) groups excluding carboxylic acids is 1. The van der Waals surface area contributed by atoms with Crippen LogP contribution in [0.3, 0.4) is 0 Å². The van der Waals surface area contributed by atoms with Crippen LogP contribution in [0.15, 0.2) is 12.1 Å². The van der Waals surface area contributed by atoms with Gasteiger partial charge in [0, 0.05) is 24.7 Å². The highest BCUT2D eigenvalue weighted by atomic mass is 32.2. The highest BCUT2D eigenvalue weighted by Crippen LogP contribution is 2.38. The second-order valence-corrected chi connectivity index (χ2v) is 7.57. The van der Waals surface area contributed by atoms with Crippen molar-refractivity contribution in [2.24, 2.45) is 0 Å². The number of hydrogen-bond acceptors (Lipinski definition) is 6. The molecule has 1 aromatic carbocycles. The van der Waals surface area contributed by atoms with Gasteiger partial charge in [0.25, 0.3) is 5.91 Å². The van der Waals surface area contributed by atoms with E-state index in [-0.39, 0.29) is 25.0 Å². The molecular formula is C16H26N2O6S. The second kappa shape index (κ2) is 8.91. The molecule has 0 radical (unpaired) electrons. The molecule has 0 fully saturated rings. The van der Waals surface area contributed by atoms with Crippen molar-refractivity contribution in [3.05, 3.63) is 17.7 Å². The maximum absolute atomic E-state index is 12.4. The Morgan fingerprint density at radius 2 is 1.64 bits per heavy atom. The monoisotopic (exact) mass is 374 g/mol. The van der Waals surface area contributed by atoms with Gasteiger partial charge in [-0.15, -0.1) is 0 Å². The highest BCUT2D eigenvalue weighted by molar-refractivity contribution is 7.88. The third-order valence-electron chi connectivity index (χ3n) is 3.55. The predicted molar refractivity (Wildman–Crippen MR) is 95.1 cm³/mol. The van der Waals surface area contributed by atoms with Crippen LogP contribution in [0.5, 0.6) is 17.2 Å². The lowest BCUT2D eigenvalue weighted by Gasteiger charge is -2.24. The van der Waals surface area contributed by atoms with Gasteiger partial charge in [0.15, 0.2) is 11.5 Å². The van der Waals surface area contributed by atoms with Gasteiger partial charge in [-0.05, 0) is 26.0 Å². The van der Waals surface area contributed by atoms with Gasteiger partial charge in [0.05, 0.1) is 27.6 Å². The topological polar surface area (TPSA) is 94.2 Å². The number of methoxy groups -OCH3 is 3. The number of benzene rings is 1. The summed E-state index contributed by atoms with van der Waals surface area (Å²) in [5, 5.41) is 2.70. The molecular weight excluding hydrogens is 348 g/mol. The van der Waals surface area contributed by atoms with Crippen molar-refractivity contribution < 1.29 is 27.4 Å². The van der Waals surface area contributed by atoms with E-state index in [2.05, 4.69) is 5.32 Å². The molecule has 0 aliphatic heterocycles. The van der Waals surface area contributed by atoms with Gasteiger partial charge in [-0.1, -0.05) is 0 Å². The van der Waals surface area contributed by atoms with Crippen molar-refractivity contribution in [3.63, 3.8) is 0 Å². The zero-order chi connectivity index (χ0) is 19.2. The molecule has 0 aromatic heterocycles. The van der Waals surface area contributed by atoms with E-state index in [9.17, 15) is 13.2 Å². The zero-order valence-corrected chi connectivity index (χ0v) is 16.3. The number of hydrogen-bond donors (Lipinski definition) is 1. The van der Waals surface area contributed by atoms with E-state index in [0.29, 0.717) is 22.8 Å². The van der Waals surface area contributed by atoms with Crippen LogP contribution in [0, 0.1) is 0 Å². The summed E-state index contributed by atoms with van der Waals surface area (Å²) in [5.74, 6) is 0.764. The minimum absolute atomic E-state index is 0.181. The number of amides is 1. The summed E-state index contributed by atoms with van der Waals surface area (Å²) in [6, 6.07) is 2.88. The summed E-state index contributed by atoms with van der Waals surface area (Å²) < 4.78 is 40.4. The summed E-state index contributed by atoms with van der Waals surface area (Å²) in [5.41, 5.74) is 0.324. The standard InChI is InChI=1S/C16H26N2O6S/c1-11(2)18(25(6,20)21)8-7-17-16(19)12-9-13(22-3)15(24-5)14(10-12)23-4/h9-11H,7-8H2,1-6H3,(H,17,19). The molecule has 0 heterocycles. The SMILES string of the molecule is COc1cc(C(=O)NCCN(C(C)C)S(C)(=O)=O)cc(OC)c1OC. The van der Waals surface area contributed by atoms with Crippen LogP contribution in [-0.4, -0.2) is 65.3 Å². The molecule has 0 saturated carbocycles. The molecule has 9 heteroatoms. The molecule has 1 aromatic rings. The van der Waals surface area contributed by atoms with Crippen LogP contribution in [0.25, 0.3) is 0 Å². The lowest BCUT2D eigenvalue weighted by Crippen LogP contribution is -2.41. The number of rotatable bonds is 9. The Morgan fingerprint density at radius 3 is 2.00 bits per heavy atom. The van der Waals surface area contributed by atoms with E-state index >= 15 is 0 Å². The molecule has 1 N–H and O–H groups in total. The van der Waals surface area contributed by atoms with Gasteiger partial charge in [0.2, 0.25) is 15.8 Å². The first-order valence-corrected chi connectivity index (χ1v) is 9.55. The van der Waals surface area contributed by atoms with Crippen LogP contribution >= 0.6 is 0 Å². The Balaban J connectivity index is 2.88. The molecule has 0 bridgehead atoms. The molecule has 0 atom stereocenters. The van der Waals surface area contributed by atoms with Crippen LogP contribution in [-0.2, 0) is 10.0 Å². The Hall–Kier alpha value is -2.00. The molecule has 0 saturated heterocycles. The van der Waals surface area contributed by atoms with Crippen molar-refractivity contribution in [1.29, 1.82) is 0 Å². The number of nitrogens with zero attached hydrogens (tertiary/aromatic N) is 1. The molecule has 0 spiro atoms. The van der Waals surface area contributed by atoms with E-state index in [1.54, 1.807) is 13.8 Å². The third-order valence-corrected chi connectivity index (χ3v) is 5.00. The van der Waals surface area contributed by atoms with Crippen LogP contribution in [0.4, 0.5) is 0 Å². The van der Waals surface area contributed by atoms with E-state index in [4.69, 9.17) is 14.2 Å². The lowest BCUT2D eigenvalue weighted by molar-refractivity contribution is 0.0950. The molecule has 1 rings (SSSR count). The van der Waals surface area contributed by atoms with Crippen LogP contribution in [0.2, 0.25) is 0 Å². The maximum Gasteiger partial charge on any atom is 0.251 e. The highest BCUT2D eigenvalue weighted by Gasteiger charge is 2.21. The lowest BCUT2D eigenvalue weighted by atomic mass is 10.1. The molecule has 142 valence electrons. The maximum atomic E-state index is 12.4. The van der Waals surface area contributed by atoms with E-state index in [1.165, 1.54) is 37.8 Å². The molecule has 0 aliphatic rings. The minimum Gasteiger partial charge on any atom is -0.493 e. The Labute approximate surface area is 149 Å². The average molecular weight is 374 g/mol. The van der Waals surface area contributed by atoms with Gasteiger partial charge < -0.3 is 19.5 Å². The van der Waals surface area contributed by atoms with Gasteiger partial charge >= 0.3 is 0 Å². The largest absolute Gasteiger partial charge is 0.493 e. The Kier molecular flexibility index (Phi) is 7.50. The van der Waals surface area contributed by atoms with Gasteiger partial charge in [0.1, 0.15) is 0 Å². The van der Waals surface area contributed by atoms with E-state index < -0.39 is 10.0 Å². The smallest absolute Gasteiger partial charge is 0.251 e. The van der Waals surface area contributed by atoms with Crippen LogP contribution < -0.4 is 19.5 Å². The second-order valence-electron chi connectivity index (χ2n) is 5.64. The molecule has 0 aliphatic carbocycles. The first-order valence-electron chi connectivity index (χ1n) is 7.70. The minimum atomic E-state index is -3.33. The molecule has 8 nitrogen and oxygen atoms in total. The summed E-state index contributed by atoms with van der Waals surface area (Å²) in [6.45, 7) is 3.93. The van der Waals surface area contributed by atoms with Crippen molar-refractivity contribution in [1.82, 2.24) is 9.62 Å². The fourth-order valence-corrected chi connectivity index (χ4v) is 3.59. The summed E-state index contributed by atoms with van der Waals surface area (Å²) in [6.07, 6.45) is 1.15. The fourth-order valence-electron chi connectivity index (χ4n) is 2.40. The Morgan fingerprint density at radius 1 is 1.12 bits per heavy atom. The zero-order valence-electron chi connectivity index (χ0n) is 15.5. The van der Waals surface area contributed by atoms with Gasteiger partial charge in [-0.3, -0.25) is 4.79 Å². The predicted octanol–water partition coefficient (Wildman–Crippen LogP) is 1.11. The Bertz CT molecular complexity index is 678. The number of carbonyl (C=O) groups is 1. The quantitative estimate of drug-likeness (QED) is 0.696. The van der Waals surface area contributed by atoms with Gasteiger partial charge in [-0.25, -0.2) is 8.42 Å². The molecule has 1 amide bonds. The first-order chi connectivity index (χ1) is 11.6. The van der Waals surface area contributed by atoms with E-state index in [0.717, 1.165) is 6.26 Å². The van der Waals surface area contributed by atoms with E-state index in [1.807, 2.05) is 0 Å². The fraction of sp³-hybridized carbons (Fsp3) is 0.562. The molecule has 25 heavy (non-hydrogen) atoms. The van der Waals surface area contributed by atoms with Crippen LogP contribution in [0.1, 0.15) is 24.2 Å². The summed E-state index contributed by atoms with van der Waals surface area (Å²) in [4.78, 5) is 12.4. The van der Waals surface area contributed by atoms with Crippen molar-refractivity contribution in [2.45, 2.75) is 19.9 Å². The van der Waals surface area contributed by atoms with Crippen molar-refractivity contribution in [3.8, 4) is 17.2 Å². The summed E-state index contributed by atoms with van der Waals surface area (Å²) in [7, 11) is 1.07. The summed E-state index contributed by atoms with van der Waals surface area (Å²) >= 11 is 0. The average Bonchev–Trinajstić information content (AvgIpc) is 2.55.